The van der Waals surface area contributed by atoms with Crippen molar-refractivity contribution in [3.05, 3.63) is 40.4 Å². The fourth-order valence-electron chi connectivity index (χ4n) is 3.29. The zero-order valence-electron chi connectivity index (χ0n) is 16.1. The van der Waals surface area contributed by atoms with Crippen LogP contribution in [0.1, 0.15) is 30.4 Å². The average Bonchev–Trinajstić information content (AvgIpc) is 3.09. The molecule has 1 saturated carbocycles. The molecule has 3 aromatic heterocycles. The first-order valence-electron chi connectivity index (χ1n) is 9.47. The predicted octanol–water partition coefficient (Wildman–Crippen LogP) is 2.87. The summed E-state index contributed by atoms with van der Waals surface area (Å²) < 4.78 is 1.76. The first kappa shape index (κ1) is 17.9. The Morgan fingerprint density at radius 1 is 1.34 bits per heavy atom. The lowest BCUT2D eigenvalue weighted by Gasteiger charge is -2.18. The topological polar surface area (TPSA) is 91.6 Å². The largest absolute Gasteiger partial charge is 0.367 e. The molecule has 0 aromatic carbocycles. The van der Waals surface area contributed by atoms with E-state index in [0.717, 1.165) is 29.5 Å². The van der Waals surface area contributed by atoms with E-state index in [9.17, 15) is 9.59 Å². The van der Waals surface area contributed by atoms with Crippen molar-refractivity contribution >= 4 is 51.5 Å². The molecule has 0 unspecified atom stereocenters. The number of hydrogen-bond donors (Lipinski definition) is 2. The Hall–Kier alpha value is -3.20. The number of nitrogens with one attached hydrogen (secondary N) is 2. The van der Waals surface area contributed by atoms with Gasteiger partial charge in [0.2, 0.25) is 5.91 Å². The number of fused-ring (bicyclic) bond motifs is 1. The molecule has 1 aliphatic carbocycles. The molecule has 148 valence electrons. The van der Waals surface area contributed by atoms with Crippen molar-refractivity contribution in [2.75, 3.05) is 17.3 Å². The first-order valence-corrected chi connectivity index (χ1v) is 10.3. The molecular formula is C20H20N6O2S. The van der Waals surface area contributed by atoms with Crippen LogP contribution in [-0.4, -0.2) is 39.5 Å². The standard InChI is InChI=1S/C20H20N6O2S/c1-11-5-18(29-10-11)25(2)15-8-16(22-14-3-4-14)26-19(23-15)13(9-21-26)6-12-7-17(27)24-20(12)28/h5-6,8-10,14,22H,3-4,7H2,1-2H3,(H,24,27,28)/b12-6+. The first-order chi connectivity index (χ1) is 14.0. The third kappa shape index (κ3) is 3.38. The molecular weight excluding hydrogens is 388 g/mol. The van der Waals surface area contributed by atoms with Gasteiger partial charge < -0.3 is 10.2 Å². The maximum Gasteiger partial charge on any atom is 0.254 e. The number of thiophene rings is 1. The zero-order valence-corrected chi connectivity index (χ0v) is 16.9. The van der Waals surface area contributed by atoms with Crippen molar-refractivity contribution in [3.63, 3.8) is 0 Å². The van der Waals surface area contributed by atoms with Crippen molar-refractivity contribution in [1.82, 2.24) is 19.9 Å². The Kier molecular flexibility index (Phi) is 4.13. The van der Waals surface area contributed by atoms with Gasteiger partial charge in [0.15, 0.2) is 5.65 Å². The quantitative estimate of drug-likeness (QED) is 0.498. The van der Waals surface area contributed by atoms with Crippen LogP contribution < -0.4 is 15.5 Å². The lowest BCUT2D eigenvalue weighted by Crippen LogP contribution is -2.19. The molecule has 2 amide bonds. The van der Waals surface area contributed by atoms with E-state index in [-0.39, 0.29) is 18.2 Å². The summed E-state index contributed by atoms with van der Waals surface area (Å²) in [6, 6.07) is 4.57. The van der Waals surface area contributed by atoms with Gasteiger partial charge in [-0.2, -0.15) is 9.61 Å². The van der Waals surface area contributed by atoms with E-state index in [2.05, 4.69) is 34.1 Å². The average molecular weight is 408 g/mol. The minimum Gasteiger partial charge on any atom is -0.367 e. The molecule has 2 aliphatic rings. The Morgan fingerprint density at radius 2 is 2.17 bits per heavy atom. The summed E-state index contributed by atoms with van der Waals surface area (Å²) in [4.78, 5) is 30.4. The van der Waals surface area contributed by atoms with Gasteiger partial charge in [-0.3, -0.25) is 14.9 Å². The van der Waals surface area contributed by atoms with Crippen molar-refractivity contribution in [2.45, 2.75) is 32.2 Å². The number of carbonyl (C=O) groups excluding carboxylic acids is 2. The van der Waals surface area contributed by atoms with Crippen LogP contribution in [0.2, 0.25) is 0 Å². The van der Waals surface area contributed by atoms with Gasteiger partial charge in [-0.25, -0.2) is 4.98 Å². The molecule has 1 aliphatic heterocycles. The molecule has 3 aromatic rings. The molecule has 9 heteroatoms. The summed E-state index contributed by atoms with van der Waals surface area (Å²) in [6.45, 7) is 2.07. The summed E-state index contributed by atoms with van der Waals surface area (Å²) in [5.41, 5.74) is 2.99. The third-order valence-electron chi connectivity index (χ3n) is 5.03. The van der Waals surface area contributed by atoms with Crippen molar-refractivity contribution in [3.8, 4) is 0 Å². The summed E-state index contributed by atoms with van der Waals surface area (Å²) in [5.74, 6) is 1.02. The molecule has 2 fully saturated rings. The van der Waals surface area contributed by atoms with Crippen LogP contribution in [0.4, 0.5) is 16.6 Å². The number of rotatable bonds is 5. The number of amides is 2. The normalized spacial score (nSPS) is 17.9. The number of anilines is 3. The van der Waals surface area contributed by atoms with Gasteiger partial charge in [0, 0.05) is 30.3 Å². The van der Waals surface area contributed by atoms with Crippen LogP contribution in [0, 0.1) is 6.92 Å². The SMILES string of the molecule is Cc1csc(N(C)c2cc(NC3CC3)n3ncc(/C=C4\CC(=O)NC4=O)c3n2)c1. The van der Waals surface area contributed by atoms with E-state index in [1.54, 1.807) is 28.1 Å². The van der Waals surface area contributed by atoms with E-state index in [4.69, 9.17) is 4.98 Å². The van der Waals surface area contributed by atoms with Gasteiger partial charge in [0.1, 0.15) is 11.6 Å². The predicted molar refractivity (Wildman–Crippen MR) is 112 cm³/mol. The van der Waals surface area contributed by atoms with E-state index in [1.807, 2.05) is 18.0 Å². The molecule has 5 rings (SSSR count). The minimum atomic E-state index is -0.354. The second kappa shape index (κ2) is 6.70. The number of imide groups is 1. The molecule has 0 bridgehead atoms. The number of carbonyl (C=O) groups is 2. The van der Waals surface area contributed by atoms with Crippen molar-refractivity contribution in [2.24, 2.45) is 0 Å². The highest BCUT2D eigenvalue weighted by Gasteiger charge is 2.26. The molecule has 0 atom stereocenters. The Labute approximate surface area is 171 Å². The van der Waals surface area contributed by atoms with Gasteiger partial charge in [0.05, 0.1) is 17.6 Å². The molecule has 2 N–H and O–H groups in total. The summed E-state index contributed by atoms with van der Waals surface area (Å²) in [6.07, 6.45) is 5.74. The van der Waals surface area contributed by atoms with Crippen LogP contribution in [0.5, 0.6) is 0 Å². The van der Waals surface area contributed by atoms with E-state index >= 15 is 0 Å². The van der Waals surface area contributed by atoms with Crippen LogP contribution in [0.3, 0.4) is 0 Å². The van der Waals surface area contributed by atoms with Gasteiger partial charge >= 0.3 is 0 Å². The molecule has 29 heavy (non-hydrogen) atoms. The Balaban J connectivity index is 1.61. The fraction of sp³-hybridized carbons (Fsp3) is 0.300. The second-order valence-electron chi connectivity index (χ2n) is 7.50. The van der Waals surface area contributed by atoms with Gasteiger partial charge in [-0.15, -0.1) is 11.3 Å². The molecule has 1 saturated heterocycles. The zero-order chi connectivity index (χ0) is 20.1. The van der Waals surface area contributed by atoms with E-state index < -0.39 is 0 Å². The summed E-state index contributed by atoms with van der Waals surface area (Å²) >= 11 is 1.66. The monoisotopic (exact) mass is 408 g/mol. The number of hydrogen-bond acceptors (Lipinski definition) is 7. The number of aryl methyl sites for hydroxylation is 1. The van der Waals surface area contributed by atoms with E-state index in [1.165, 1.54) is 5.56 Å². The number of nitrogens with zero attached hydrogens (tertiary/aromatic N) is 4. The molecule has 0 spiro atoms. The molecule has 0 radical (unpaired) electrons. The van der Waals surface area contributed by atoms with Gasteiger partial charge in [-0.1, -0.05) is 0 Å². The third-order valence-corrected chi connectivity index (χ3v) is 6.15. The van der Waals surface area contributed by atoms with Gasteiger partial charge in [0.25, 0.3) is 5.91 Å². The molecule has 4 heterocycles. The highest BCUT2D eigenvalue weighted by Crippen LogP contribution is 2.33. The number of aromatic nitrogens is 3. The van der Waals surface area contributed by atoms with Crippen molar-refractivity contribution < 1.29 is 9.59 Å². The summed E-state index contributed by atoms with van der Waals surface area (Å²) in [5, 5.41) is 13.5. The van der Waals surface area contributed by atoms with Gasteiger partial charge in [-0.05, 0) is 42.9 Å². The smallest absolute Gasteiger partial charge is 0.254 e. The van der Waals surface area contributed by atoms with Crippen LogP contribution in [0.25, 0.3) is 11.7 Å². The summed E-state index contributed by atoms with van der Waals surface area (Å²) in [7, 11) is 1.99. The second-order valence-corrected chi connectivity index (χ2v) is 8.39. The van der Waals surface area contributed by atoms with Crippen LogP contribution >= 0.6 is 11.3 Å². The van der Waals surface area contributed by atoms with Crippen LogP contribution in [-0.2, 0) is 9.59 Å². The highest BCUT2D eigenvalue weighted by atomic mass is 32.1. The minimum absolute atomic E-state index is 0.0808. The lowest BCUT2D eigenvalue weighted by atomic mass is 10.1. The Bertz CT molecular complexity index is 1170. The highest BCUT2D eigenvalue weighted by molar-refractivity contribution is 7.14. The maximum atomic E-state index is 12.0. The van der Waals surface area contributed by atoms with Crippen molar-refractivity contribution in [1.29, 1.82) is 0 Å². The Morgan fingerprint density at radius 3 is 2.83 bits per heavy atom. The fourth-order valence-corrected chi connectivity index (χ4v) is 4.17. The maximum absolute atomic E-state index is 12.0. The molecule has 8 nitrogen and oxygen atoms in total. The van der Waals surface area contributed by atoms with Crippen LogP contribution in [0.15, 0.2) is 29.3 Å². The lowest BCUT2D eigenvalue weighted by molar-refractivity contribution is -0.124. The van der Waals surface area contributed by atoms with E-state index in [0.29, 0.717) is 22.8 Å².